The molecule has 0 aliphatic carbocycles. The summed E-state index contributed by atoms with van der Waals surface area (Å²) < 4.78 is 12.6. The Morgan fingerprint density at radius 3 is 1.64 bits per heavy atom. The van der Waals surface area contributed by atoms with Gasteiger partial charge in [-0.15, -0.1) is 0 Å². The SMILES string of the molecule is CC(C)CC(C(C)C)P(C)(=O)C(C)C. The summed E-state index contributed by atoms with van der Waals surface area (Å²) in [4.78, 5) is 0. The van der Waals surface area contributed by atoms with Gasteiger partial charge in [-0.05, 0) is 24.9 Å². The summed E-state index contributed by atoms with van der Waals surface area (Å²) in [5.74, 6) is 1.19. The van der Waals surface area contributed by atoms with Crippen molar-refractivity contribution in [3.63, 3.8) is 0 Å². The largest absolute Gasteiger partial charge is 0.323 e. The van der Waals surface area contributed by atoms with Gasteiger partial charge in [-0.1, -0.05) is 41.5 Å². The third-order valence-electron chi connectivity index (χ3n) is 3.17. The quantitative estimate of drug-likeness (QED) is 0.623. The van der Waals surface area contributed by atoms with E-state index in [2.05, 4.69) is 41.5 Å². The predicted molar refractivity (Wildman–Crippen MR) is 66.7 cm³/mol. The monoisotopic (exact) mass is 218 g/mol. The maximum atomic E-state index is 12.6. The van der Waals surface area contributed by atoms with Crippen LogP contribution in [-0.4, -0.2) is 18.0 Å². The molecule has 0 N–H and O–H groups in total. The Morgan fingerprint density at radius 1 is 1.00 bits per heavy atom. The molecule has 0 amide bonds. The van der Waals surface area contributed by atoms with Gasteiger partial charge in [0.15, 0.2) is 0 Å². The summed E-state index contributed by atoms with van der Waals surface area (Å²) >= 11 is 0. The molecule has 0 aliphatic rings. The van der Waals surface area contributed by atoms with E-state index in [0.717, 1.165) is 6.42 Å². The Bertz CT molecular complexity index is 206. The molecule has 1 nitrogen and oxygen atoms in total. The second-order valence-electron chi connectivity index (χ2n) is 5.59. The van der Waals surface area contributed by atoms with Crippen LogP contribution in [0.15, 0.2) is 0 Å². The number of rotatable bonds is 5. The molecule has 0 aromatic rings. The van der Waals surface area contributed by atoms with Gasteiger partial charge in [0.05, 0.1) is 7.14 Å². The van der Waals surface area contributed by atoms with Gasteiger partial charge >= 0.3 is 0 Å². The summed E-state index contributed by atoms with van der Waals surface area (Å²) in [5.41, 5.74) is 0.733. The summed E-state index contributed by atoms with van der Waals surface area (Å²) in [6.45, 7) is 15.0. The lowest BCUT2D eigenvalue weighted by atomic mass is 10.0. The molecule has 0 fully saturated rings. The topological polar surface area (TPSA) is 17.1 Å². The highest BCUT2D eigenvalue weighted by Crippen LogP contribution is 2.55. The van der Waals surface area contributed by atoms with E-state index in [1.165, 1.54) is 0 Å². The van der Waals surface area contributed by atoms with Gasteiger partial charge in [-0.2, -0.15) is 0 Å². The summed E-state index contributed by atoms with van der Waals surface area (Å²) in [6.07, 6.45) is 1.10. The molecule has 0 saturated carbocycles. The molecule has 0 aromatic heterocycles. The number of hydrogen-bond donors (Lipinski definition) is 0. The summed E-state index contributed by atoms with van der Waals surface area (Å²) in [7, 11) is -1.98. The minimum absolute atomic E-state index is 0.327. The van der Waals surface area contributed by atoms with E-state index in [4.69, 9.17) is 0 Å². The normalized spacial score (nSPS) is 19.0. The highest BCUT2D eigenvalue weighted by molar-refractivity contribution is 7.64. The average molecular weight is 218 g/mol. The van der Waals surface area contributed by atoms with E-state index in [1.54, 1.807) is 0 Å². The van der Waals surface area contributed by atoms with E-state index in [1.807, 2.05) is 6.66 Å². The molecular formula is C12H27OP. The lowest BCUT2D eigenvalue weighted by Crippen LogP contribution is -2.22. The van der Waals surface area contributed by atoms with Crippen LogP contribution in [0, 0.1) is 11.8 Å². The van der Waals surface area contributed by atoms with E-state index in [0.29, 0.717) is 23.2 Å². The van der Waals surface area contributed by atoms with Crippen molar-refractivity contribution < 1.29 is 4.57 Å². The molecule has 0 aromatic carbocycles. The van der Waals surface area contributed by atoms with Crippen molar-refractivity contribution in [2.45, 2.75) is 59.3 Å². The van der Waals surface area contributed by atoms with Gasteiger partial charge in [0, 0.05) is 11.3 Å². The van der Waals surface area contributed by atoms with Crippen molar-refractivity contribution in [3.8, 4) is 0 Å². The highest BCUT2D eigenvalue weighted by atomic mass is 31.2. The Labute approximate surface area is 90.0 Å². The molecule has 0 spiro atoms. The molecular weight excluding hydrogens is 191 g/mol. The van der Waals surface area contributed by atoms with E-state index in [9.17, 15) is 4.57 Å². The van der Waals surface area contributed by atoms with Gasteiger partial charge in [-0.25, -0.2) is 0 Å². The Hall–Kier alpha value is 0.230. The molecule has 2 atom stereocenters. The van der Waals surface area contributed by atoms with Crippen molar-refractivity contribution >= 4 is 7.14 Å². The molecule has 86 valence electrons. The van der Waals surface area contributed by atoms with Crippen molar-refractivity contribution in [3.05, 3.63) is 0 Å². The van der Waals surface area contributed by atoms with E-state index < -0.39 is 7.14 Å². The van der Waals surface area contributed by atoms with Crippen LogP contribution in [0.2, 0.25) is 0 Å². The van der Waals surface area contributed by atoms with Crippen molar-refractivity contribution in [1.82, 2.24) is 0 Å². The fraction of sp³-hybridized carbons (Fsp3) is 1.00. The molecule has 14 heavy (non-hydrogen) atoms. The van der Waals surface area contributed by atoms with Crippen LogP contribution in [0.1, 0.15) is 48.0 Å². The third kappa shape index (κ3) is 3.77. The third-order valence-corrected chi connectivity index (χ3v) is 7.34. The Kier molecular flexibility index (Phi) is 5.44. The maximum Gasteiger partial charge on any atom is 0.0903 e. The smallest absolute Gasteiger partial charge is 0.0903 e. The van der Waals surface area contributed by atoms with Crippen LogP contribution in [0.25, 0.3) is 0 Å². The minimum Gasteiger partial charge on any atom is -0.323 e. The van der Waals surface area contributed by atoms with Crippen molar-refractivity contribution in [2.24, 2.45) is 11.8 Å². The fourth-order valence-electron chi connectivity index (χ4n) is 1.94. The molecule has 0 saturated heterocycles. The van der Waals surface area contributed by atoms with Crippen LogP contribution in [0.3, 0.4) is 0 Å². The average Bonchev–Trinajstić information content (AvgIpc) is 1.98. The second-order valence-corrected chi connectivity index (χ2v) is 9.41. The van der Waals surface area contributed by atoms with Gasteiger partial charge in [-0.3, -0.25) is 0 Å². The Balaban J connectivity index is 4.74. The number of hydrogen-bond acceptors (Lipinski definition) is 1. The molecule has 0 bridgehead atoms. The highest BCUT2D eigenvalue weighted by Gasteiger charge is 2.33. The van der Waals surface area contributed by atoms with E-state index >= 15 is 0 Å². The molecule has 0 radical (unpaired) electrons. The zero-order chi connectivity index (χ0) is 11.5. The first-order valence-corrected chi connectivity index (χ1v) is 8.05. The first kappa shape index (κ1) is 14.2. The zero-order valence-electron chi connectivity index (χ0n) is 10.9. The molecule has 0 heterocycles. The van der Waals surface area contributed by atoms with Crippen molar-refractivity contribution in [2.75, 3.05) is 6.66 Å². The van der Waals surface area contributed by atoms with Crippen molar-refractivity contribution in [1.29, 1.82) is 0 Å². The molecule has 2 unspecified atom stereocenters. The minimum atomic E-state index is -1.98. The van der Waals surface area contributed by atoms with Gasteiger partial charge < -0.3 is 4.57 Å². The van der Waals surface area contributed by atoms with Crippen LogP contribution < -0.4 is 0 Å². The summed E-state index contributed by atoms with van der Waals surface area (Å²) in [5, 5.41) is 0. The first-order valence-electron chi connectivity index (χ1n) is 5.76. The van der Waals surface area contributed by atoms with Crippen LogP contribution in [0.4, 0.5) is 0 Å². The summed E-state index contributed by atoms with van der Waals surface area (Å²) in [6, 6.07) is 0. The van der Waals surface area contributed by atoms with Crippen LogP contribution in [-0.2, 0) is 4.57 Å². The predicted octanol–water partition coefficient (Wildman–Crippen LogP) is 4.46. The van der Waals surface area contributed by atoms with Crippen LogP contribution in [0.5, 0.6) is 0 Å². The van der Waals surface area contributed by atoms with Crippen LogP contribution >= 0.6 is 7.14 Å². The fourth-order valence-corrected chi connectivity index (χ4v) is 4.73. The second kappa shape index (κ2) is 5.35. The van der Waals surface area contributed by atoms with Gasteiger partial charge in [0.1, 0.15) is 0 Å². The zero-order valence-corrected chi connectivity index (χ0v) is 11.8. The lowest BCUT2D eigenvalue weighted by Gasteiger charge is -2.32. The van der Waals surface area contributed by atoms with E-state index in [-0.39, 0.29) is 0 Å². The van der Waals surface area contributed by atoms with Gasteiger partial charge in [0.25, 0.3) is 0 Å². The standard InChI is InChI=1S/C12H27OP/c1-9(2)8-12(10(3)4)14(7,13)11(5)6/h9-12H,8H2,1-7H3. The molecule has 0 aliphatic heterocycles. The lowest BCUT2D eigenvalue weighted by molar-refractivity contribution is 0.456. The van der Waals surface area contributed by atoms with Gasteiger partial charge in [0.2, 0.25) is 0 Å². The Morgan fingerprint density at radius 2 is 1.43 bits per heavy atom. The molecule has 0 rings (SSSR count). The maximum absolute atomic E-state index is 12.6. The molecule has 2 heteroatoms. The first-order chi connectivity index (χ1) is 6.19.